The van der Waals surface area contributed by atoms with Gasteiger partial charge >= 0.3 is 0 Å². The summed E-state index contributed by atoms with van der Waals surface area (Å²) in [5.74, 6) is -0.0411. The molecule has 0 saturated carbocycles. The minimum absolute atomic E-state index is 0.139. The highest BCUT2D eigenvalue weighted by Gasteiger charge is 2.12. The average Bonchev–Trinajstić information content (AvgIpc) is 2.84. The van der Waals surface area contributed by atoms with E-state index in [9.17, 15) is 9.59 Å². The molecule has 0 aliphatic heterocycles. The molecule has 0 aromatic carbocycles. The van der Waals surface area contributed by atoms with Gasteiger partial charge in [0.2, 0.25) is 5.91 Å². The summed E-state index contributed by atoms with van der Waals surface area (Å²) in [5, 5.41) is 5.49. The summed E-state index contributed by atoms with van der Waals surface area (Å²) in [6.07, 6.45) is 3.70. The second-order valence-electron chi connectivity index (χ2n) is 4.73. The highest BCUT2D eigenvalue weighted by molar-refractivity contribution is 5.92. The third-order valence-corrected chi connectivity index (χ3v) is 2.94. The van der Waals surface area contributed by atoms with Crippen molar-refractivity contribution in [1.29, 1.82) is 0 Å². The molecule has 0 aliphatic carbocycles. The molecule has 6 nitrogen and oxygen atoms in total. The van der Waals surface area contributed by atoms with Gasteiger partial charge in [0.15, 0.2) is 5.76 Å². The van der Waals surface area contributed by atoms with Crippen LogP contribution in [0.5, 0.6) is 0 Å². The second kappa shape index (κ2) is 8.37. The fraction of sp³-hybridized carbons (Fsp3) is 0.571. The zero-order chi connectivity index (χ0) is 15.0. The van der Waals surface area contributed by atoms with Gasteiger partial charge in [-0.1, -0.05) is 13.3 Å². The van der Waals surface area contributed by atoms with Crippen LogP contribution in [-0.4, -0.2) is 30.9 Å². The lowest BCUT2D eigenvalue weighted by Gasteiger charge is -2.11. The number of furan rings is 1. The minimum Gasteiger partial charge on any atom is -0.459 e. The zero-order valence-electron chi connectivity index (χ0n) is 12.1. The van der Waals surface area contributed by atoms with Crippen LogP contribution in [0.1, 0.15) is 42.3 Å². The van der Waals surface area contributed by atoms with E-state index in [0.717, 1.165) is 12.0 Å². The van der Waals surface area contributed by atoms with E-state index >= 15 is 0 Å². The van der Waals surface area contributed by atoms with E-state index in [2.05, 4.69) is 10.6 Å². The molecule has 1 unspecified atom stereocenters. The Hall–Kier alpha value is -1.82. The number of hydrogen-bond donors (Lipinski definition) is 3. The molecule has 0 aliphatic rings. The maximum atomic E-state index is 11.7. The van der Waals surface area contributed by atoms with Crippen LogP contribution < -0.4 is 16.4 Å². The van der Waals surface area contributed by atoms with Gasteiger partial charge in [-0.25, -0.2) is 0 Å². The summed E-state index contributed by atoms with van der Waals surface area (Å²) < 4.78 is 5.08. The highest BCUT2D eigenvalue weighted by Crippen LogP contribution is 2.07. The molecule has 1 heterocycles. The smallest absolute Gasteiger partial charge is 0.287 e. The molecular formula is C14H23N3O3. The largest absolute Gasteiger partial charge is 0.459 e. The van der Waals surface area contributed by atoms with Crippen molar-refractivity contribution < 1.29 is 14.0 Å². The number of amides is 2. The molecule has 0 radical (unpaired) electrons. The van der Waals surface area contributed by atoms with E-state index in [0.29, 0.717) is 31.7 Å². The maximum absolute atomic E-state index is 11.7. The molecule has 0 saturated heterocycles. The van der Waals surface area contributed by atoms with Crippen molar-refractivity contribution >= 4 is 11.8 Å². The van der Waals surface area contributed by atoms with Crippen LogP contribution in [0.4, 0.5) is 0 Å². The topological polar surface area (TPSA) is 97.4 Å². The summed E-state index contributed by atoms with van der Waals surface area (Å²) in [6, 6.07) is 1.30. The molecule has 1 aromatic heterocycles. The van der Waals surface area contributed by atoms with Crippen LogP contribution in [0.15, 0.2) is 16.7 Å². The quantitative estimate of drug-likeness (QED) is 0.618. The molecule has 112 valence electrons. The van der Waals surface area contributed by atoms with Crippen LogP contribution in [0.25, 0.3) is 0 Å². The van der Waals surface area contributed by atoms with Crippen molar-refractivity contribution in [2.75, 3.05) is 13.1 Å². The fourth-order valence-electron chi connectivity index (χ4n) is 1.76. The first-order valence-corrected chi connectivity index (χ1v) is 6.91. The number of aryl methyl sites for hydroxylation is 1. The number of carbonyl (C=O) groups excluding carboxylic acids is 2. The van der Waals surface area contributed by atoms with Gasteiger partial charge in [-0.3, -0.25) is 9.59 Å². The Labute approximate surface area is 119 Å². The highest BCUT2D eigenvalue weighted by atomic mass is 16.3. The standard InChI is InChI=1S/C14H23N3O3/c1-3-5-11(15)13(18)16-7-4-8-17-14(19)12-10(2)6-9-20-12/h6,9,11H,3-5,7-8,15H2,1-2H3,(H,16,18)(H,17,19). The first kappa shape index (κ1) is 16.2. The van der Waals surface area contributed by atoms with Gasteiger partial charge in [-0.05, 0) is 25.8 Å². The van der Waals surface area contributed by atoms with E-state index in [4.69, 9.17) is 10.2 Å². The first-order chi connectivity index (χ1) is 9.56. The Bertz CT molecular complexity index is 443. The Balaban J connectivity index is 2.15. The maximum Gasteiger partial charge on any atom is 0.287 e. The van der Waals surface area contributed by atoms with E-state index in [1.54, 1.807) is 6.07 Å². The van der Waals surface area contributed by atoms with Crippen molar-refractivity contribution in [2.24, 2.45) is 5.73 Å². The lowest BCUT2D eigenvalue weighted by atomic mass is 10.1. The average molecular weight is 281 g/mol. The second-order valence-corrected chi connectivity index (χ2v) is 4.73. The first-order valence-electron chi connectivity index (χ1n) is 6.91. The Morgan fingerprint density at radius 3 is 2.65 bits per heavy atom. The number of nitrogens with two attached hydrogens (primary N) is 1. The van der Waals surface area contributed by atoms with Crippen molar-refractivity contribution in [3.8, 4) is 0 Å². The number of nitrogens with one attached hydrogen (secondary N) is 2. The van der Waals surface area contributed by atoms with Crippen molar-refractivity contribution in [3.63, 3.8) is 0 Å². The molecular weight excluding hydrogens is 258 g/mol. The number of rotatable bonds is 8. The monoisotopic (exact) mass is 281 g/mol. The summed E-state index contributed by atoms with van der Waals surface area (Å²) in [7, 11) is 0. The normalized spacial score (nSPS) is 11.9. The van der Waals surface area contributed by atoms with Gasteiger partial charge in [0.05, 0.1) is 12.3 Å². The Morgan fingerprint density at radius 1 is 1.35 bits per heavy atom. The fourth-order valence-corrected chi connectivity index (χ4v) is 1.76. The predicted molar refractivity (Wildman–Crippen MR) is 76.3 cm³/mol. The van der Waals surface area contributed by atoms with Gasteiger partial charge in [-0.2, -0.15) is 0 Å². The summed E-state index contributed by atoms with van der Waals surface area (Å²) >= 11 is 0. The Morgan fingerprint density at radius 2 is 2.05 bits per heavy atom. The third kappa shape index (κ3) is 5.05. The van der Waals surface area contributed by atoms with Crippen molar-refractivity contribution in [2.45, 2.75) is 39.2 Å². The van der Waals surface area contributed by atoms with Gasteiger partial charge in [0.25, 0.3) is 5.91 Å². The molecule has 0 spiro atoms. The van der Waals surface area contributed by atoms with E-state index in [1.807, 2.05) is 13.8 Å². The molecule has 20 heavy (non-hydrogen) atoms. The van der Waals surface area contributed by atoms with Crippen LogP contribution in [0, 0.1) is 6.92 Å². The van der Waals surface area contributed by atoms with E-state index < -0.39 is 6.04 Å². The molecule has 0 fully saturated rings. The van der Waals surface area contributed by atoms with Gasteiger partial charge < -0.3 is 20.8 Å². The van der Waals surface area contributed by atoms with Gasteiger partial charge in [0.1, 0.15) is 0 Å². The molecule has 1 aromatic rings. The molecule has 1 atom stereocenters. The third-order valence-electron chi connectivity index (χ3n) is 2.94. The van der Waals surface area contributed by atoms with Crippen LogP contribution >= 0.6 is 0 Å². The molecule has 1 rings (SSSR count). The summed E-state index contributed by atoms with van der Waals surface area (Å²) in [4.78, 5) is 23.2. The number of hydrogen-bond acceptors (Lipinski definition) is 4. The van der Waals surface area contributed by atoms with Gasteiger partial charge in [-0.15, -0.1) is 0 Å². The molecule has 6 heteroatoms. The lowest BCUT2D eigenvalue weighted by Crippen LogP contribution is -2.41. The van der Waals surface area contributed by atoms with Crippen LogP contribution in [0.3, 0.4) is 0 Å². The number of carbonyl (C=O) groups is 2. The molecule has 0 bridgehead atoms. The molecule has 2 amide bonds. The van der Waals surface area contributed by atoms with E-state index in [1.165, 1.54) is 6.26 Å². The zero-order valence-corrected chi connectivity index (χ0v) is 12.1. The minimum atomic E-state index is -0.444. The van der Waals surface area contributed by atoms with Crippen LogP contribution in [0.2, 0.25) is 0 Å². The predicted octanol–water partition coefficient (Wildman–Crippen LogP) is 0.952. The Kier molecular flexibility index (Phi) is 6.79. The van der Waals surface area contributed by atoms with E-state index in [-0.39, 0.29) is 11.8 Å². The van der Waals surface area contributed by atoms with Crippen LogP contribution in [-0.2, 0) is 4.79 Å². The SMILES string of the molecule is CCCC(N)C(=O)NCCCNC(=O)c1occc1C. The van der Waals surface area contributed by atoms with Crippen molar-refractivity contribution in [1.82, 2.24) is 10.6 Å². The lowest BCUT2D eigenvalue weighted by molar-refractivity contribution is -0.122. The van der Waals surface area contributed by atoms with Gasteiger partial charge in [0, 0.05) is 18.7 Å². The summed E-state index contributed by atoms with van der Waals surface area (Å²) in [5.41, 5.74) is 6.48. The van der Waals surface area contributed by atoms with Crippen molar-refractivity contribution in [3.05, 3.63) is 23.7 Å². The summed E-state index contributed by atoms with van der Waals surface area (Å²) in [6.45, 7) is 4.77. The molecule has 4 N–H and O–H groups in total.